The van der Waals surface area contributed by atoms with Crippen LogP contribution in [0.5, 0.6) is 0 Å². The molecule has 27 heavy (non-hydrogen) atoms. The van der Waals surface area contributed by atoms with Crippen LogP contribution in [0, 0.1) is 0 Å². The molecule has 0 N–H and O–H groups in total. The van der Waals surface area contributed by atoms with E-state index in [2.05, 4.69) is 87.4 Å². The molecule has 134 valence electrons. The molecule has 0 amide bonds. The summed E-state index contributed by atoms with van der Waals surface area (Å²) >= 11 is 0. The minimum atomic E-state index is 0.410. The standard InChI is InChI=1S/C25H23NO/c1-15(2)22-16-9-5-6-10-17(16)25(26(3)4)19-13-14-21-23(24(19)22)18-11-7-8-12-20(18)27-21/h5-15H,1-4H3. The number of hydrogen-bond acceptors (Lipinski definition) is 2. The van der Waals surface area contributed by atoms with Crippen LogP contribution in [0.1, 0.15) is 25.3 Å². The summed E-state index contributed by atoms with van der Waals surface area (Å²) in [5.74, 6) is 0.410. The summed E-state index contributed by atoms with van der Waals surface area (Å²) in [5.41, 5.74) is 4.60. The number of hydrogen-bond donors (Lipinski definition) is 0. The Labute approximate surface area is 159 Å². The summed E-state index contributed by atoms with van der Waals surface area (Å²) in [6.07, 6.45) is 0. The molecule has 5 rings (SSSR count). The Hall–Kier alpha value is -3.00. The van der Waals surface area contributed by atoms with E-state index in [9.17, 15) is 0 Å². The summed E-state index contributed by atoms with van der Waals surface area (Å²) < 4.78 is 6.19. The molecular weight excluding hydrogens is 330 g/mol. The maximum absolute atomic E-state index is 6.19. The van der Waals surface area contributed by atoms with E-state index in [0.717, 1.165) is 11.2 Å². The van der Waals surface area contributed by atoms with Crippen molar-refractivity contribution in [2.24, 2.45) is 0 Å². The highest BCUT2D eigenvalue weighted by molar-refractivity contribution is 6.26. The van der Waals surface area contributed by atoms with Gasteiger partial charge in [0.05, 0.1) is 5.69 Å². The van der Waals surface area contributed by atoms with E-state index in [1.807, 2.05) is 6.07 Å². The van der Waals surface area contributed by atoms with Crippen LogP contribution >= 0.6 is 0 Å². The molecule has 0 bridgehead atoms. The van der Waals surface area contributed by atoms with Crippen molar-refractivity contribution in [3.63, 3.8) is 0 Å². The molecule has 2 nitrogen and oxygen atoms in total. The minimum absolute atomic E-state index is 0.410. The van der Waals surface area contributed by atoms with Crippen LogP contribution in [0.4, 0.5) is 5.69 Å². The van der Waals surface area contributed by atoms with E-state index in [4.69, 9.17) is 4.42 Å². The van der Waals surface area contributed by atoms with Crippen molar-refractivity contribution in [3.8, 4) is 0 Å². The molecule has 2 heteroatoms. The molecule has 1 heterocycles. The van der Waals surface area contributed by atoms with Gasteiger partial charge < -0.3 is 9.32 Å². The molecule has 0 fully saturated rings. The molecular formula is C25H23NO. The highest BCUT2D eigenvalue weighted by Gasteiger charge is 2.21. The first-order chi connectivity index (χ1) is 13.1. The summed E-state index contributed by atoms with van der Waals surface area (Å²) in [6, 6.07) is 21.5. The molecule has 1 aromatic heterocycles. The Kier molecular flexibility index (Phi) is 3.45. The monoisotopic (exact) mass is 353 g/mol. The van der Waals surface area contributed by atoms with Gasteiger partial charge in [0.15, 0.2) is 0 Å². The number of fused-ring (bicyclic) bond motifs is 6. The molecule has 4 aromatic carbocycles. The van der Waals surface area contributed by atoms with Gasteiger partial charge in [-0.05, 0) is 40.5 Å². The van der Waals surface area contributed by atoms with E-state index in [0.29, 0.717) is 5.92 Å². The van der Waals surface area contributed by atoms with Crippen LogP contribution in [0.15, 0.2) is 65.1 Å². The van der Waals surface area contributed by atoms with Crippen LogP contribution in [0.2, 0.25) is 0 Å². The topological polar surface area (TPSA) is 16.4 Å². The van der Waals surface area contributed by atoms with Crippen LogP contribution in [-0.2, 0) is 0 Å². The first-order valence-electron chi connectivity index (χ1n) is 9.54. The predicted molar refractivity (Wildman–Crippen MR) is 117 cm³/mol. The van der Waals surface area contributed by atoms with Gasteiger partial charge in [0.25, 0.3) is 0 Å². The first-order valence-corrected chi connectivity index (χ1v) is 9.54. The average Bonchev–Trinajstić information content (AvgIpc) is 3.04. The summed E-state index contributed by atoms with van der Waals surface area (Å²) in [4.78, 5) is 2.24. The molecule has 0 spiro atoms. The van der Waals surface area contributed by atoms with Crippen LogP contribution < -0.4 is 4.90 Å². The zero-order valence-corrected chi connectivity index (χ0v) is 16.2. The fourth-order valence-electron chi connectivity index (χ4n) is 4.58. The van der Waals surface area contributed by atoms with Crippen LogP contribution in [0.3, 0.4) is 0 Å². The van der Waals surface area contributed by atoms with Gasteiger partial charge in [-0.3, -0.25) is 0 Å². The molecule has 0 saturated carbocycles. The fraction of sp³-hybridized carbons (Fsp3) is 0.200. The van der Waals surface area contributed by atoms with Crippen molar-refractivity contribution >= 4 is 49.2 Å². The number of para-hydroxylation sites is 1. The number of furan rings is 1. The van der Waals surface area contributed by atoms with Gasteiger partial charge in [-0.1, -0.05) is 56.3 Å². The van der Waals surface area contributed by atoms with E-state index < -0.39 is 0 Å². The fourth-order valence-corrected chi connectivity index (χ4v) is 4.58. The Morgan fingerprint density at radius 2 is 1.33 bits per heavy atom. The number of anilines is 1. The van der Waals surface area contributed by atoms with Crippen molar-refractivity contribution < 1.29 is 4.42 Å². The van der Waals surface area contributed by atoms with Gasteiger partial charge in [0.1, 0.15) is 11.2 Å². The second-order valence-corrected chi connectivity index (χ2v) is 7.82. The van der Waals surface area contributed by atoms with E-state index >= 15 is 0 Å². The Balaban J connectivity index is 2.17. The average molecular weight is 353 g/mol. The van der Waals surface area contributed by atoms with Crippen molar-refractivity contribution in [1.82, 2.24) is 0 Å². The Bertz CT molecular complexity index is 1320. The quantitative estimate of drug-likeness (QED) is 0.315. The van der Waals surface area contributed by atoms with Gasteiger partial charge in [0.2, 0.25) is 0 Å². The zero-order valence-electron chi connectivity index (χ0n) is 16.2. The molecule has 0 saturated heterocycles. The molecule has 0 aliphatic carbocycles. The molecule has 0 unspecified atom stereocenters. The number of nitrogens with zero attached hydrogens (tertiary/aromatic N) is 1. The smallest absolute Gasteiger partial charge is 0.136 e. The molecule has 0 radical (unpaired) electrons. The Morgan fingerprint density at radius 1 is 0.667 bits per heavy atom. The first kappa shape index (κ1) is 16.2. The van der Waals surface area contributed by atoms with Gasteiger partial charge >= 0.3 is 0 Å². The molecule has 0 aliphatic rings. The molecule has 0 atom stereocenters. The number of benzene rings is 4. The van der Waals surface area contributed by atoms with Crippen LogP contribution in [-0.4, -0.2) is 14.1 Å². The maximum atomic E-state index is 6.19. The number of rotatable bonds is 2. The van der Waals surface area contributed by atoms with Gasteiger partial charge in [-0.15, -0.1) is 0 Å². The zero-order chi connectivity index (χ0) is 18.7. The van der Waals surface area contributed by atoms with Crippen LogP contribution in [0.25, 0.3) is 43.5 Å². The minimum Gasteiger partial charge on any atom is -0.456 e. The lowest BCUT2D eigenvalue weighted by Gasteiger charge is -2.23. The maximum Gasteiger partial charge on any atom is 0.136 e. The third-order valence-corrected chi connectivity index (χ3v) is 5.56. The summed E-state index contributed by atoms with van der Waals surface area (Å²) in [5, 5.41) is 7.70. The lowest BCUT2D eigenvalue weighted by molar-refractivity contribution is 0.669. The van der Waals surface area contributed by atoms with Crippen molar-refractivity contribution in [3.05, 3.63) is 66.2 Å². The predicted octanol–water partition coefficient (Wildman–Crippen LogP) is 7.08. The second kappa shape index (κ2) is 5.75. The second-order valence-electron chi connectivity index (χ2n) is 7.82. The lowest BCUT2D eigenvalue weighted by Crippen LogP contribution is -2.11. The van der Waals surface area contributed by atoms with E-state index in [1.54, 1.807) is 0 Å². The Morgan fingerprint density at radius 3 is 2.04 bits per heavy atom. The molecule has 5 aromatic rings. The van der Waals surface area contributed by atoms with Crippen molar-refractivity contribution in [2.45, 2.75) is 19.8 Å². The largest absolute Gasteiger partial charge is 0.456 e. The highest BCUT2D eigenvalue weighted by atomic mass is 16.3. The molecule has 0 aliphatic heterocycles. The normalized spacial score (nSPS) is 12.0. The van der Waals surface area contributed by atoms with E-state index in [-0.39, 0.29) is 0 Å². The SMILES string of the molecule is CC(C)c1c2ccccc2c(N(C)C)c2ccc3oc4ccccc4c3c12. The lowest BCUT2D eigenvalue weighted by atomic mass is 9.86. The van der Waals surface area contributed by atoms with Crippen molar-refractivity contribution in [1.29, 1.82) is 0 Å². The summed E-state index contributed by atoms with van der Waals surface area (Å²) in [7, 11) is 4.27. The van der Waals surface area contributed by atoms with Crippen molar-refractivity contribution in [2.75, 3.05) is 19.0 Å². The third-order valence-electron chi connectivity index (χ3n) is 5.56. The van der Waals surface area contributed by atoms with Gasteiger partial charge in [0, 0.05) is 35.6 Å². The van der Waals surface area contributed by atoms with E-state index in [1.165, 1.54) is 43.6 Å². The van der Waals surface area contributed by atoms with Gasteiger partial charge in [-0.2, -0.15) is 0 Å². The summed E-state index contributed by atoms with van der Waals surface area (Å²) in [6.45, 7) is 4.58. The highest BCUT2D eigenvalue weighted by Crippen LogP contribution is 2.46. The van der Waals surface area contributed by atoms with Gasteiger partial charge in [-0.25, -0.2) is 0 Å². The third kappa shape index (κ3) is 2.19.